The van der Waals surface area contributed by atoms with Gasteiger partial charge in [0.1, 0.15) is 0 Å². The van der Waals surface area contributed by atoms with Gasteiger partial charge in [0.15, 0.2) is 0 Å². The molecule has 36 valence electrons. The Morgan fingerprint density at radius 1 is 1.50 bits per heavy atom. The van der Waals surface area contributed by atoms with Crippen LogP contribution in [0.3, 0.4) is 0 Å². The second-order valence-corrected chi connectivity index (χ2v) is 1.47. The maximum atomic E-state index is 7.24. The van der Waals surface area contributed by atoms with Crippen LogP contribution in [0, 0.1) is 0 Å². The Labute approximate surface area is 41.6 Å². The van der Waals surface area contributed by atoms with Crippen LogP contribution in [0.25, 0.3) is 0 Å². The second-order valence-electron chi connectivity index (χ2n) is 1.47. The van der Waals surface area contributed by atoms with E-state index in [1.807, 2.05) is 0 Å². The molecular formula is C5H11N. The molecule has 1 nitrogen and oxygen atoms in total. The van der Waals surface area contributed by atoms with Crippen molar-refractivity contribution in [3.63, 3.8) is 0 Å². The molecule has 0 bridgehead atoms. The van der Waals surface area contributed by atoms with Crippen molar-refractivity contribution in [3.05, 3.63) is 0 Å². The highest BCUT2D eigenvalue weighted by atomic mass is 14.9. The van der Waals surface area contributed by atoms with Gasteiger partial charge < -0.3 is 5.32 Å². The summed E-state index contributed by atoms with van der Waals surface area (Å²) in [6.07, 6.45) is 1.62. The van der Waals surface area contributed by atoms with Crippen molar-refractivity contribution in [1.29, 1.82) is 0 Å². The normalized spacial score (nSPS) is 53.3. The van der Waals surface area contributed by atoms with Crippen LogP contribution in [-0.4, -0.2) is 13.1 Å². The highest BCUT2D eigenvalue weighted by Crippen LogP contribution is 1.96. The Kier molecular flexibility index (Phi) is 0.845. The van der Waals surface area contributed by atoms with Gasteiger partial charge in [0.2, 0.25) is 0 Å². The minimum atomic E-state index is -0.175. The molecule has 0 saturated carbocycles. The van der Waals surface area contributed by atoms with Crippen LogP contribution in [0.4, 0.5) is 0 Å². The van der Waals surface area contributed by atoms with E-state index in [0.717, 1.165) is 13.0 Å². The first kappa shape index (κ1) is 2.31. The maximum Gasteiger partial charge on any atom is 0.0428 e. The summed E-state index contributed by atoms with van der Waals surface area (Å²) in [7, 11) is 0. The molecule has 2 unspecified atom stereocenters. The summed E-state index contributed by atoms with van der Waals surface area (Å²) in [5.41, 5.74) is 0. The van der Waals surface area contributed by atoms with Gasteiger partial charge in [0, 0.05) is 2.74 Å². The van der Waals surface area contributed by atoms with Gasteiger partial charge in [-0.2, -0.15) is 0 Å². The third kappa shape index (κ3) is 0.977. The molecule has 1 heteroatoms. The number of rotatable bonds is 0. The van der Waals surface area contributed by atoms with Crippen LogP contribution >= 0.6 is 0 Å². The lowest BCUT2D eigenvalue weighted by Crippen LogP contribution is -2.21. The molecule has 6 heavy (non-hydrogen) atoms. The molecule has 0 amide bonds. The Bertz CT molecular complexity index is 68.8. The molecule has 0 spiro atoms. The fourth-order valence-corrected chi connectivity index (χ4v) is 0.572. The van der Waals surface area contributed by atoms with E-state index in [-0.39, 0.29) is 12.9 Å². The van der Waals surface area contributed by atoms with Gasteiger partial charge in [-0.05, 0) is 25.9 Å². The largest absolute Gasteiger partial charge is 0.317 e. The number of hydrogen-bond acceptors (Lipinski definition) is 1. The minimum absolute atomic E-state index is 0.0127. The van der Waals surface area contributed by atoms with Crippen LogP contribution < -0.4 is 5.32 Å². The second kappa shape index (κ2) is 2.19. The first-order valence-corrected chi connectivity index (χ1v) is 2.37. The predicted molar refractivity (Wildman–Crippen MR) is 26.7 cm³/mol. The van der Waals surface area contributed by atoms with E-state index in [2.05, 4.69) is 5.32 Å². The van der Waals surface area contributed by atoms with Gasteiger partial charge in [-0.3, -0.25) is 0 Å². The molecule has 2 atom stereocenters. The van der Waals surface area contributed by atoms with Crippen LogP contribution in [0.5, 0.6) is 0 Å². The molecule has 1 rings (SSSR count). The topological polar surface area (TPSA) is 12.0 Å². The Morgan fingerprint density at radius 2 is 2.50 bits per heavy atom. The molecular weight excluding hydrogens is 74.1 g/mol. The minimum Gasteiger partial charge on any atom is -0.317 e. The molecule has 0 aromatic heterocycles. The summed E-state index contributed by atoms with van der Waals surface area (Å²) >= 11 is 0. The number of nitrogens with one attached hydrogen (secondary N) is 1. The van der Waals surface area contributed by atoms with Crippen molar-refractivity contribution in [2.75, 3.05) is 13.1 Å². The summed E-state index contributed by atoms with van der Waals surface area (Å²) in [4.78, 5) is 0. The molecule has 0 aromatic carbocycles. The molecule has 0 aromatic rings. The summed E-state index contributed by atoms with van der Waals surface area (Å²) in [5, 5.41) is 2.96. The van der Waals surface area contributed by atoms with Crippen LogP contribution in [0.15, 0.2) is 0 Å². The predicted octanol–water partition coefficient (Wildman–Crippen LogP) is 0.760. The molecule has 1 N–H and O–H groups in total. The molecule has 0 radical (unpaired) electrons. The average molecular weight is 87.2 g/mol. The van der Waals surface area contributed by atoms with E-state index >= 15 is 0 Å². The van der Waals surface area contributed by atoms with Gasteiger partial charge in [0.25, 0.3) is 0 Å². The van der Waals surface area contributed by atoms with Crippen molar-refractivity contribution in [2.24, 2.45) is 0 Å². The van der Waals surface area contributed by atoms with Gasteiger partial charge in [-0.1, -0.05) is 6.40 Å². The van der Waals surface area contributed by atoms with Crippen LogP contribution in [-0.2, 0) is 0 Å². The maximum absolute atomic E-state index is 7.24. The monoisotopic (exact) mass is 87.1 g/mol. The van der Waals surface area contributed by atoms with E-state index < -0.39 is 0 Å². The highest BCUT2D eigenvalue weighted by molar-refractivity contribution is 4.55. The average Bonchev–Trinajstić information content (AvgIpc) is 1.64. The zero-order chi connectivity index (χ0) is 5.98. The van der Waals surface area contributed by atoms with Crippen LogP contribution in [0.1, 0.15) is 22.0 Å². The van der Waals surface area contributed by atoms with Crippen molar-refractivity contribution in [1.82, 2.24) is 5.32 Å². The van der Waals surface area contributed by atoms with Crippen molar-refractivity contribution in [3.8, 4) is 0 Å². The van der Waals surface area contributed by atoms with Crippen LogP contribution in [0.2, 0.25) is 0 Å². The zero-order valence-electron chi connectivity index (χ0n) is 5.78. The molecule has 1 heterocycles. The molecule has 1 aliphatic rings. The Balaban J connectivity index is 2.23. The van der Waals surface area contributed by atoms with E-state index in [1.165, 1.54) is 0 Å². The first-order valence-electron chi connectivity index (χ1n) is 3.52. The molecule has 1 aliphatic heterocycles. The lowest BCUT2D eigenvalue weighted by Gasteiger charge is -2.08. The van der Waals surface area contributed by atoms with Gasteiger partial charge in [0.05, 0.1) is 0 Å². The fourth-order valence-electron chi connectivity index (χ4n) is 0.572. The van der Waals surface area contributed by atoms with Gasteiger partial charge in [-0.25, -0.2) is 0 Å². The molecule has 1 saturated heterocycles. The lowest BCUT2D eigenvalue weighted by molar-refractivity contribution is 0.520. The van der Waals surface area contributed by atoms with E-state index in [4.69, 9.17) is 2.74 Å². The highest BCUT2D eigenvalue weighted by Gasteiger charge is 1.93. The lowest BCUT2D eigenvalue weighted by atomic mass is 10.2. The van der Waals surface area contributed by atoms with E-state index in [9.17, 15) is 0 Å². The zero-order valence-corrected chi connectivity index (χ0v) is 3.78. The quantitative estimate of drug-likeness (QED) is 0.460. The van der Waals surface area contributed by atoms with Crippen molar-refractivity contribution < 1.29 is 2.74 Å². The fraction of sp³-hybridized carbons (Fsp3) is 1.00. The summed E-state index contributed by atoms with van der Waals surface area (Å²) < 4.78 is 14.4. The summed E-state index contributed by atoms with van der Waals surface area (Å²) in [6, 6.07) is 0. The SMILES string of the molecule is [2H]C1CCNC([2H])C1. The third-order valence-corrected chi connectivity index (χ3v) is 0.922. The Hall–Kier alpha value is -0.0400. The first-order chi connectivity index (χ1) is 3.79. The van der Waals surface area contributed by atoms with Gasteiger partial charge in [-0.15, -0.1) is 0 Å². The van der Waals surface area contributed by atoms with Crippen molar-refractivity contribution in [2.45, 2.75) is 19.2 Å². The van der Waals surface area contributed by atoms with E-state index in [1.54, 1.807) is 0 Å². The van der Waals surface area contributed by atoms with E-state index in [0.29, 0.717) is 6.42 Å². The summed E-state index contributed by atoms with van der Waals surface area (Å²) in [5.74, 6) is 0. The van der Waals surface area contributed by atoms with Gasteiger partial charge >= 0.3 is 0 Å². The molecule has 0 aliphatic carbocycles. The molecule has 1 fully saturated rings. The number of hydrogen-bond donors (Lipinski definition) is 1. The number of piperidine rings is 1. The third-order valence-electron chi connectivity index (χ3n) is 0.922. The smallest absolute Gasteiger partial charge is 0.0428 e. The summed E-state index contributed by atoms with van der Waals surface area (Å²) in [6.45, 7) is 0.675. The van der Waals surface area contributed by atoms with Crippen molar-refractivity contribution >= 4 is 0 Å². The standard InChI is InChI=1S/C5H11N/c1-2-4-6-5-3-1/h6H,1-5H2/i1D,4D. The Morgan fingerprint density at radius 3 is 3.00 bits per heavy atom.